The van der Waals surface area contributed by atoms with E-state index in [1.807, 2.05) is 0 Å². The van der Waals surface area contributed by atoms with E-state index in [1.54, 1.807) is 0 Å². The van der Waals surface area contributed by atoms with Crippen LogP contribution < -0.4 is 5.32 Å². The fourth-order valence-corrected chi connectivity index (χ4v) is 2.87. The minimum atomic E-state index is -0.0287. The highest BCUT2D eigenvalue weighted by Gasteiger charge is 2.32. The van der Waals surface area contributed by atoms with Crippen molar-refractivity contribution in [2.45, 2.75) is 64.0 Å². The van der Waals surface area contributed by atoms with Crippen molar-refractivity contribution in [3.63, 3.8) is 0 Å². The molecule has 0 amide bonds. The van der Waals surface area contributed by atoms with Crippen LogP contribution in [0.4, 0.5) is 0 Å². The monoisotopic (exact) mass is 211 g/mol. The average Bonchev–Trinajstić information content (AvgIpc) is 2.98. The Hall–Kier alpha value is -0.0800. The number of hydrogen-bond donors (Lipinski definition) is 2. The molecule has 0 heterocycles. The fourth-order valence-electron chi connectivity index (χ4n) is 2.87. The molecular formula is C13H25NO. The molecule has 3 atom stereocenters. The fraction of sp³-hybridized carbons (Fsp3) is 1.00. The second-order valence-electron chi connectivity index (χ2n) is 5.40. The van der Waals surface area contributed by atoms with Gasteiger partial charge in [0.2, 0.25) is 0 Å². The van der Waals surface area contributed by atoms with Gasteiger partial charge in [-0.15, -0.1) is 0 Å². The molecule has 0 saturated heterocycles. The summed E-state index contributed by atoms with van der Waals surface area (Å²) in [5, 5.41) is 13.4. The van der Waals surface area contributed by atoms with E-state index in [0.717, 1.165) is 24.9 Å². The van der Waals surface area contributed by atoms with Gasteiger partial charge >= 0.3 is 0 Å². The van der Waals surface area contributed by atoms with Gasteiger partial charge in [-0.3, -0.25) is 0 Å². The SMILES string of the molecule is CCCC(NCC1CCCC1O)C1CC1. The van der Waals surface area contributed by atoms with Crippen molar-refractivity contribution < 1.29 is 5.11 Å². The molecular weight excluding hydrogens is 186 g/mol. The van der Waals surface area contributed by atoms with E-state index in [-0.39, 0.29) is 6.10 Å². The summed E-state index contributed by atoms with van der Waals surface area (Å²) >= 11 is 0. The van der Waals surface area contributed by atoms with E-state index >= 15 is 0 Å². The molecule has 0 radical (unpaired) electrons. The Labute approximate surface area is 93.5 Å². The molecule has 2 aliphatic rings. The third-order valence-electron chi connectivity index (χ3n) is 4.05. The lowest BCUT2D eigenvalue weighted by molar-refractivity contribution is 0.129. The van der Waals surface area contributed by atoms with E-state index in [4.69, 9.17) is 0 Å². The summed E-state index contributed by atoms with van der Waals surface area (Å²) in [6.45, 7) is 3.31. The van der Waals surface area contributed by atoms with Crippen LogP contribution in [-0.2, 0) is 0 Å². The van der Waals surface area contributed by atoms with Gasteiger partial charge in [-0.2, -0.15) is 0 Å². The van der Waals surface area contributed by atoms with Crippen LogP contribution in [0.2, 0.25) is 0 Å². The Bertz CT molecular complexity index is 191. The number of rotatable bonds is 6. The highest BCUT2D eigenvalue weighted by Crippen LogP contribution is 2.35. The highest BCUT2D eigenvalue weighted by atomic mass is 16.3. The van der Waals surface area contributed by atoms with Crippen molar-refractivity contribution in [3.05, 3.63) is 0 Å². The Morgan fingerprint density at radius 1 is 1.27 bits per heavy atom. The van der Waals surface area contributed by atoms with E-state index in [1.165, 1.54) is 38.5 Å². The summed E-state index contributed by atoms with van der Waals surface area (Å²) in [5.74, 6) is 1.48. The number of aliphatic hydroxyl groups excluding tert-OH is 1. The zero-order valence-electron chi connectivity index (χ0n) is 9.91. The molecule has 2 rings (SSSR count). The Morgan fingerprint density at radius 2 is 2.07 bits per heavy atom. The van der Waals surface area contributed by atoms with Crippen molar-refractivity contribution in [2.24, 2.45) is 11.8 Å². The van der Waals surface area contributed by atoms with Crippen LogP contribution in [0, 0.1) is 11.8 Å². The largest absolute Gasteiger partial charge is 0.393 e. The van der Waals surface area contributed by atoms with Crippen molar-refractivity contribution in [2.75, 3.05) is 6.54 Å². The predicted octanol–water partition coefficient (Wildman–Crippen LogP) is 2.32. The summed E-state index contributed by atoms with van der Waals surface area (Å²) in [6, 6.07) is 0.739. The third kappa shape index (κ3) is 3.18. The van der Waals surface area contributed by atoms with Gasteiger partial charge in [-0.05, 0) is 43.9 Å². The molecule has 0 aromatic carbocycles. The van der Waals surface area contributed by atoms with Gasteiger partial charge in [0.15, 0.2) is 0 Å². The molecule has 2 aliphatic carbocycles. The van der Waals surface area contributed by atoms with Crippen LogP contribution in [0.5, 0.6) is 0 Å². The Morgan fingerprint density at radius 3 is 2.60 bits per heavy atom. The molecule has 0 aromatic heterocycles. The normalized spacial score (nSPS) is 33.2. The molecule has 2 heteroatoms. The number of nitrogens with one attached hydrogen (secondary N) is 1. The lowest BCUT2D eigenvalue weighted by atomic mass is 10.0. The zero-order chi connectivity index (χ0) is 10.7. The van der Waals surface area contributed by atoms with Crippen LogP contribution in [-0.4, -0.2) is 23.8 Å². The van der Waals surface area contributed by atoms with Gasteiger partial charge < -0.3 is 10.4 Å². The van der Waals surface area contributed by atoms with E-state index in [9.17, 15) is 5.11 Å². The summed E-state index contributed by atoms with van der Waals surface area (Å²) < 4.78 is 0. The summed E-state index contributed by atoms with van der Waals surface area (Å²) in [5.41, 5.74) is 0. The Kier molecular flexibility index (Phi) is 4.04. The first-order chi connectivity index (χ1) is 7.31. The maximum atomic E-state index is 9.75. The number of hydrogen-bond acceptors (Lipinski definition) is 2. The van der Waals surface area contributed by atoms with Crippen LogP contribution in [0.3, 0.4) is 0 Å². The zero-order valence-corrected chi connectivity index (χ0v) is 9.91. The standard InChI is InChI=1S/C13H25NO/c1-2-4-12(10-7-8-10)14-9-11-5-3-6-13(11)15/h10-15H,2-9H2,1H3. The van der Waals surface area contributed by atoms with E-state index in [2.05, 4.69) is 12.2 Å². The molecule has 0 spiro atoms. The number of aliphatic hydroxyl groups is 1. The second-order valence-corrected chi connectivity index (χ2v) is 5.40. The highest BCUT2D eigenvalue weighted by molar-refractivity contribution is 4.88. The smallest absolute Gasteiger partial charge is 0.0580 e. The first-order valence-corrected chi connectivity index (χ1v) is 6.72. The minimum absolute atomic E-state index is 0.0287. The van der Waals surface area contributed by atoms with Crippen LogP contribution in [0.15, 0.2) is 0 Å². The molecule has 2 saturated carbocycles. The predicted molar refractivity (Wildman–Crippen MR) is 62.8 cm³/mol. The molecule has 2 fully saturated rings. The van der Waals surface area contributed by atoms with Gasteiger partial charge in [0.25, 0.3) is 0 Å². The molecule has 0 bridgehead atoms. The average molecular weight is 211 g/mol. The lowest BCUT2D eigenvalue weighted by Crippen LogP contribution is -2.37. The molecule has 2 nitrogen and oxygen atoms in total. The minimum Gasteiger partial charge on any atom is -0.393 e. The van der Waals surface area contributed by atoms with Crippen LogP contribution in [0.1, 0.15) is 51.9 Å². The molecule has 0 aliphatic heterocycles. The summed E-state index contributed by atoms with van der Waals surface area (Å²) in [7, 11) is 0. The lowest BCUT2D eigenvalue weighted by Gasteiger charge is -2.21. The van der Waals surface area contributed by atoms with Crippen molar-refractivity contribution in [1.82, 2.24) is 5.32 Å². The van der Waals surface area contributed by atoms with E-state index < -0.39 is 0 Å². The van der Waals surface area contributed by atoms with Crippen LogP contribution in [0.25, 0.3) is 0 Å². The van der Waals surface area contributed by atoms with Gasteiger partial charge in [0, 0.05) is 12.6 Å². The van der Waals surface area contributed by atoms with Gasteiger partial charge in [-0.25, -0.2) is 0 Å². The quantitative estimate of drug-likeness (QED) is 0.706. The van der Waals surface area contributed by atoms with Crippen LogP contribution >= 0.6 is 0 Å². The molecule has 88 valence electrons. The van der Waals surface area contributed by atoms with Crippen molar-refractivity contribution in [1.29, 1.82) is 0 Å². The van der Waals surface area contributed by atoms with Gasteiger partial charge in [0.1, 0.15) is 0 Å². The molecule has 15 heavy (non-hydrogen) atoms. The van der Waals surface area contributed by atoms with Gasteiger partial charge in [0.05, 0.1) is 6.10 Å². The van der Waals surface area contributed by atoms with Gasteiger partial charge in [-0.1, -0.05) is 19.8 Å². The summed E-state index contributed by atoms with van der Waals surface area (Å²) in [6.07, 6.45) is 8.87. The second kappa shape index (κ2) is 5.31. The molecule has 2 N–H and O–H groups in total. The summed E-state index contributed by atoms with van der Waals surface area (Å²) in [4.78, 5) is 0. The maximum Gasteiger partial charge on any atom is 0.0580 e. The first kappa shape index (κ1) is 11.4. The van der Waals surface area contributed by atoms with Crippen molar-refractivity contribution >= 4 is 0 Å². The topological polar surface area (TPSA) is 32.3 Å². The Balaban J connectivity index is 1.70. The molecule has 3 unspecified atom stereocenters. The van der Waals surface area contributed by atoms with E-state index in [0.29, 0.717) is 5.92 Å². The molecule has 0 aromatic rings. The maximum absolute atomic E-state index is 9.75. The first-order valence-electron chi connectivity index (χ1n) is 6.72. The van der Waals surface area contributed by atoms with Crippen molar-refractivity contribution in [3.8, 4) is 0 Å². The third-order valence-corrected chi connectivity index (χ3v) is 4.05.